The minimum Gasteiger partial charge on any atom is -0.481 e. The number of hydrogen-bond acceptors (Lipinski definition) is 4. The molecule has 0 aliphatic heterocycles. The minimum absolute atomic E-state index is 0.0647. The maximum absolute atomic E-state index is 12.3. The predicted octanol–water partition coefficient (Wildman–Crippen LogP) is 2.00. The number of carboxylic acids is 1. The lowest BCUT2D eigenvalue weighted by Crippen LogP contribution is -2.30. The Labute approximate surface area is 126 Å². The van der Waals surface area contributed by atoms with Gasteiger partial charge < -0.3 is 14.6 Å². The van der Waals surface area contributed by atoms with Crippen molar-refractivity contribution in [3.8, 4) is 11.3 Å². The summed E-state index contributed by atoms with van der Waals surface area (Å²) in [6, 6.07) is 1.79. The van der Waals surface area contributed by atoms with E-state index in [4.69, 9.17) is 5.11 Å². The van der Waals surface area contributed by atoms with Gasteiger partial charge in [-0.15, -0.1) is 11.3 Å². The van der Waals surface area contributed by atoms with Gasteiger partial charge >= 0.3 is 5.97 Å². The lowest BCUT2D eigenvalue weighted by Gasteiger charge is -2.16. The van der Waals surface area contributed by atoms with E-state index in [2.05, 4.69) is 4.98 Å². The average Bonchev–Trinajstić information content (AvgIpc) is 3.01. The number of hydrogen-bond donors (Lipinski definition) is 1. The van der Waals surface area contributed by atoms with Crippen molar-refractivity contribution in [1.82, 2.24) is 14.5 Å². The van der Waals surface area contributed by atoms with Crippen LogP contribution >= 0.6 is 11.3 Å². The molecule has 0 saturated heterocycles. The van der Waals surface area contributed by atoms with Gasteiger partial charge in [0, 0.05) is 37.8 Å². The standard InChI is InChI=1S/C14H17N3O3S/c1-9-15-11(8-21-9)10-6-12(17(3)7-10)14(20)16(2)5-4-13(18)19/h6-8H,4-5H2,1-3H3,(H,18,19). The number of aromatic nitrogens is 2. The van der Waals surface area contributed by atoms with Crippen LogP contribution in [0, 0.1) is 6.92 Å². The van der Waals surface area contributed by atoms with Gasteiger partial charge in [-0.25, -0.2) is 4.98 Å². The summed E-state index contributed by atoms with van der Waals surface area (Å²) in [5.74, 6) is -1.11. The zero-order valence-corrected chi connectivity index (χ0v) is 13.0. The second-order valence-corrected chi connectivity index (χ2v) is 5.91. The molecule has 112 valence electrons. The summed E-state index contributed by atoms with van der Waals surface area (Å²) in [6.07, 6.45) is 1.79. The zero-order chi connectivity index (χ0) is 15.6. The van der Waals surface area contributed by atoms with Crippen LogP contribution in [-0.4, -0.2) is 45.0 Å². The number of aryl methyl sites for hydroxylation is 2. The van der Waals surface area contributed by atoms with Gasteiger partial charge in [0.2, 0.25) is 0 Å². The lowest BCUT2D eigenvalue weighted by atomic mass is 10.2. The summed E-state index contributed by atoms with van der Waals surface area (Å²) in [7, 11) is 3.39. The van der Waals surface area contributed by atoms with E-state index >= 15 is 0 Å². The lowest BCUT2D eigenvalue weighted by molar-refractivity contribution is -0.137. The van der Waals surface area contributed by atoms with Crippen LogP contribution in [0.1, 0.15) is 21.9 Å². The van der Waals surface area contributed by atoms with Crippen LogP contribution in [0.2, 0.25) is 0 Å². The van der Waals surface area contributed by atoms with Gasteiger partial charge in [0.15, 0.2) is 0 Å². The monoisotopic (exact) mass is 307 g/mol. The summed E-state index contributed by atoms with van der Waals surface area (Å²) in [5, 5.41) is 11.6. The van der Waals surface area contributed by atoms with Crippen molar-refractivity contribution in [3.05, 3.63) is 28.3 Å². The number of aliphatic carboxylic acids is 1. The van der Waals surface area contributed by atoms with Crippen LogP contribution in [0.5, 0.6) is 0 Å². The minimum atomic E-state index is -0.917. The maximum Gasteiger partial charge on any atom is 0.305 e. The number of amides is 1. The molecule has 0 radical (unpaired) electrons. The molecule has 2 heterocycles. The van der Waals surface area contributed by atoms with Gasteiger partial charge in [-0.05, 0) is 13.0 Å². The highest BCUT2D eigenvalue weighted by Crippen LogP contribution is 2.24. The molecule has 2 rings (SSSR count). The van der Waals surface area contributed by atoms with E-state index in [9.17, 15) is 9.59 Å². The molecular formula is C14H17N3O3S. The first-order valence-electron chi connectivity index (χ1n) is 6.44. The number of rotatable bonds is 5. The first-order chi connectivity index (χ1) is 9.88. The largest absolute Gasteiger partial charge is 0.481 e. The SMILES string of the molecule is Cc1nc(-c2cc(C(=O)N(C)CCC(=O)O)n(C)c2)cs1. The van der Waals surface area contributed by atoms with Gasteiger partial charge in [-0.1, -0.05) is 0 Å². The van der Waals surface area contributed by atoms with E-state index in [0.29, 0.717) is 5.69 Å². The zero-order valence-electron chi connectivity index (χ0n) is 12.2. The first kappa shape index (κ1) is 15.2. The highest BCUT2D eigenvalue weighted by Gasteiger charge is 2.18. The van der Waals surface area contributed by atoms with E-state index in [1.54, 1.807) is 36.1 Å². The third-order valence-corrected chi connectivity index (χ3v) is 3.92. The molecule has 0 aromatic carbocycles. The van der Waals surface area contributed by atoms with Crippen molar-refractivity contribution in [2.24, 2.45) is 7.05 Å². The molecule has 0 spiro atoms. The average molecular weight is 307 g/mol. The summed E-state index contributed by atoms with van der Waals surface area (Å²) < 4.78 is 1.74. The van der Waals surface area contributed by atoms with Gasteiger partial charge in [-0.3, -0.25) is 9.59 Å². The second kappa shape index (κ2) is 6.09. The molecule has 0 fully saturated rings. The van der Waals surface area contributed by atoms with Crippen LogP contribution < -0.4 is 0 Å². The molecule has 0 aliphatic rings. The highest BCUT2D eigenvalue weighted by molar-refractivity contribution is 7.09. The molecule has 0 saturated carbocycles. The van der Waals surface area contributed by atoms with E-state index < -0.39 is 5.97 Å². The Morgan fingerprint density at radius 3 is 2.76 bits per heavy atom. The summed E-state index contributed by atoms with van der Waals surface area (Å²) in [4.78, 5) is 28.7. The van der Waals surface area contributed by atoms with Crippen molar-refractivity contribution < 1.29 is 14.7 Å². The molecule has 7 heteroatoms. The van der Waals surface area contributed by atoms with Gasteiger partial charge in [0.25, 0.3) is 5.91 Å². The Hall–Kier alpha value is -2.15. The summed E-state index contributed by atoms with van der Waals surface area (Å²) in [5.41, 5.74) is 2.25. The second-order valence-electron chi connectivity index (χ2n) is 4.85. The van der Waals surface area contributed by atoms with Crippen molar-refractivity contribution in [1.29, 1.82) is 0 Å². The van der Waals surface area contributed by atoms with Gasteiger partial charge in [0.05, 0.1) is 17.1 Å². The Morgan fingerprint density at radius 2 is 2.19 bits per heavy atom. The van der Waals surface area contributed by atoms with E-state index in [-0.39, 0.29) is 18.9 Å². The molecule has 0 atom stereocenters. The fourth-order valence-corrected chi connectivity index (χ4v) is 2.60. The molecule has 1 amide bonds. The maximum atomic E-state index is 12.3. The van der Waals surface area contributed by atoms with Crippen molar-refractivity contribution >= 4 is 23.2 Å². The molecule has 0 unspecified atom stereocenters. The number of carboxylic acid groups (broad SMARTS) is 1. The quantitative estimate of drug-likeness (QED) is 0.916. The Bertz CT molecular complexity index is 675. The normalized spacial score (nSPS) is 10.6. The number of nitrogens with zero attached hydrogens (tertiary/aromatic N) is 3. The van der Waals surface area contributed by atoms with Crippen LogP contribution in [-0.2, 0) is 11.8 Å². The Balaban J connectivity index is 2.18. The molecule has 2 aromatic rings. The highest BCUT2D eigenvalue weighted by atomic mass is 32.1. The van der Waals surface area contributed by atoms with E-state index in [1.165, 1.54) is 4.90 Å². The summed E-state index contributed by atoms with van der Waals surface area (Å²) >= 11 is 1.56. The molecule has 21 heavy (non-hydrogen) atoms. The molecule has 0 aliphatic carbocycles. The molecule has 6 nitrogen and oxygen atoms in total. The molecule has 0 bridgehead atoms. The smallest absolute Gasteiger partial charge is 0.305 e. The predicted molar refractivity (Wildman–Crippen MR) is 80.5 cm³/mol. The summed E-state index contributed by atoms with van der Waals surface area (Å²) in [6.45, 7) is 2.12. The van der Waals surface area contributed by atoms with Crippen LogP contribution in [0.3, 0.4) is 0 Å². The van der Waals surface area contributed by atoms with Crippen LogP contribution in [0.4, 0.5) is 0 Å². The van der Waals surface area contributed by atoms with Crippen molar-refractivity contribution in [3.63, 3.8) is 0 Å². The van der Waals surface area contributed by atoms with Gasteiger partial charge in [0.1, 0.15) is 5.69 Å². The number of thiazole rings is 1. The Kier molecular flexibility index (Phi) is 4.42. The first-order valence-corrected chi connectivity index (χ1v) is 7.32. The van der Waals surface area contributed by atoms with Crippen LogP contribution in [0.15, 0.2) is 17.6 Å². The molecule has 1 N–H and O–H groups in total. The third kappa shape index (κ3) is 3.49. The number of carbonyl (C=O) groups is 2. The van der Waals surface area contributed by atoms with Crippen molar-refractivity contribution in [2.45, 2.75) is 13.3 Å². The van der Waals surface area contributed by atoms with Crippen LogP contribution in [0.25, 0.3) is 11.3 Å². The third-order valence-electron chi connectivity index (χ3n) is 3.15. The fourth-order valence-electron chi connectivity index (χ4n) is 1.97. The Morgan fingerprint density at radius 1 is 1.48 bits per heavy atom. The van der Waals surface area contributed by atoms with Crippen molar-refractivity contribution in [2.75, 3.05) is 13.6 Å². The van der Waals surface area contributed by atoms with Gasteiger partial charge in [-0.2, -0.15) is 0 Å². The fraction of sp³-hybridized carbons (Fsp3) is 0.357. The number of carbonyl (C=O) groups excluding carboxylic acids is 1. The molecular weight excluding hydrogens is 290 g/mol. The topological polar surface area (TPSA) is 75.4 Å². The molecule has 2 aromatic heterocycles. The van der Waals surface area contributed by atoms with E-state index in [1.807, 2.05) is 18.5 Å². The van der Waals surface area contributed by atoms with E-state index in [0.717, 1.165) is 16.3 Å².